The third-order valence-corrected chi connectivity index (χ3v) is 3.05. The van der Waals surface area contributed by atoms with E-state index in [-0.39, 0.29) is 5.60 Å². The van der Waals surface area contributed by atoms with Crippen molar-refractivity contribution in [3.63, 3.8) is 0 Å². The summed E-state index contributed by atoms with van der Waals surface area (Å²) in [4.78, 5) is 0. The zero-order valence-corrected chi connectivity index (χ0v) is 10.4. The Kier molecular flexibility index (Phi) is 6.96. The highest BCUT2D eigenvalue weighted by Gasteiger charge is 2.31. The predicted molar refractivity (Wildman–Crippen MR) is 63.5 cm³/mol. The molecule has 0 aromatic rings. The number of nitrogens with two attached hydrogens (primary N) is 1. The van der Waals surface area contributed by atoms with Crippen LogP contribution in [0.5, 0.6) is 0 Å². The molecule has 96 valence electrons. The number of ether oxygens (including phenoxy) is 3. The van der Waals surface area contributed by atoms with Crippen LogP contribution in [0.3, 0.4) is 0 Å². The van der Waals surface area contributed by atoms with Crippen molar-refractivity contribution in [3.8, 4) is 0 Å². The second-order valence-electron chi connectivity index (χ2n) is 4.31. The van der Waals surface area contributed by atoms with Gasteiger partial charge in [-0.25, -0.2) is 0 Å². The summed E-state index contributed by atoms with van der Waals surface area (Å²) in [6.07, 6.45) is 4.09. The number of hydrogen-bond donors (Lipinski definition) is 1. The molecule has 0 amide bonds. The zero-order chi connectivity index (χ0) is 11.7. The van der Waals surface area contributed by atoms with Crippen LogP contribution in [0.2, 0.25) is 0 Å². The van der Waals surface area contributed by atoms with Crippen molar-refractivity contribution in [3.05, 3.63) is 0 Å². The van der Waals surface area contributed by atoms with Gasteiger partial charge < -0.3 is 19.9 Å². The van der Waals surface area contributed by atoms with Gasteiger partial charge in [-0.1, -0.05) is 13.3 Å². The first-order valence-corrected chi connectivity index (χ1v) is 6.32. The van der Waals surface area contributed by atoms with Gasteiger partial charge in [0.1, 0.15) is 0 Å². The Bertz CT molecular complexity index is 170. The molecule has 0 aromatic heterocycles. The molecule has 1 fully saturated rings. The van der Waals surface area contributed by atoms with E-state index in [2.05, 4.69) is 6.92 Å². The summed E-state index contributed by atoms with van der Waals surface area (Å²) in [6.45, 7) is 6.39. The molecule has 1 heterocycles. The number of unbranched alkanes of at least 4 members (excludes halogenated alkanes) is 1. The van der Waals surface area contributed by atoms with E-state index >= 15 is 0 Å². The van der Waals surface area contributed by atoms with E-state index in [0.29, 0.717) is 19.8 Å². The molecule has 0 atom stereocenters. The fourth-order valence-electron chi connectivity index (χ4n) is 1.82. The maximum absolute atomic E-state index is 5.87. The maximum atomic E-state index is 5.87. The van der Waals surface area contributed by atoms with E-state index in [1.807, 2.05) is 0 Å². The van der Waals surface area contributed by atoms with E-state index in [1.165, 1.54) is 6.42 Å². The third kappa shape index (κ3) is 4.78. The van der Waals surface area contributed by atoms with Crippen LogP contribution in [0.25, 0.3) is 0 Å². The van der Waals surface area contributed by atoms with Crippen molar-refractivity contribution in [2.75, 3.05) is 39.6 Å². The molecule has 1 aliphatic heterocycles. The average Bonchev–Trinajstić information content (AvgIpc) is 2.35. The first-order valence-electron chi connectivity index (χ1n) is 6.32. The lowest BCUT2D eigenvalue weighted by atomic mass is 9.94. The third-order valence-electron chi connectivity index (χ3n) is 3.05. The van der Waals surface area contributed by atoms with Gasteiger partial charge in [0, 0.05) is 39.2 Å². The SMILES string of the molecule is CCCCOCCOC1(CN)CCOCC1. The highest BCUT2D eigenvalue weighted by Crippen LogP contribution is 2.23. The van der Waals surface area contributed by atoms with Gasteiger partial charge >= 0.3 is 0 Å². The molecule has 0 aliphatic carbocycles. The minimum absolute atomic E-state index is 0.160. The Morgan fingerprint density at radius 2 is 1.94 bits per heavy atom. The molecule has 1 rings (SSSR count). The van der Waals surface area contributed by atoms with E-state index < -0.39 is 0 Å². The van der Waals surface area contributed by atoms with Crippen molar-refractivity contribution in [2.24, 2.45) is 5.73 Å². The van der Waals surface area contributed by atoms with Crippen LogP contribution < -0.4 is 5.73 Å². The first-order chi connectivity index (χ1) is 7.83. The van der Waals surface area contributed by atoms with Gasteiger partial charge in [0.25, 0.3) is 0 Å². The van der Waals surface area contributed by atoms with Crippen LogP contribution in [0, 0.1) is 0 Å². The monoisotopic (exact) mass is 231 g/mol. The lowest BCUT2D eigenvalue weighted by molar-refractivity contribution is -0.116. The zero-order valence-electron chi connectivity index (χ0n) is 10.4. The molecular weight excluding hydrogens is 206 g/mol. The fourth-order valence-corrected chi connectivity index (χ4v) is 1.82. The molecule has 16 heavy (non-hydrogen) atoms. The summed E-state index contributed by atoms with van der Waals surface area (Å²) in [5.41, 5.74) is 5.62. The first kappa shape index (κ1) is 13.9. The Hall–Kier alpha value is -0.160. The maximum Gasteiger partial charge on any atom is 0.0849 e. The second-order valence-corrected chi connectivity index (χ2v) is 4.31. The van der Waals surface area contributed by atoms with Gasteiger partial charge in [0.05, 0.1) is 18.8 Å². The molecule has 0 unspecified atom stereocenters. The van der Waals surface area contributed by atoms with Crippen LogP contribution in [0.15, 0.2) is 0 Å². The molecule has 0 bridgehead atoms. The second kappa shape index (κ2) is 8.01. The van der Waals surface area contributed by atoms with E-state index in [4.69, 9.17) is 19.9 Å². The Morgan fingerprint density at radius 3 is 2.56 bits per heavy atom. The van der Waals surface area contributed by atoms with Crippen LogP contribution in [-0.2, 0) is 14.2 Å². The van der Waals surface area contributed by atoms with Crippen LogP contribution in [0.4, 0.5) is 0 Å². The highest BCUT2D eigenvalue weighted by molar-refractivity contribution is 4.84. The number of hydrogen-bond acceptors (Lipinski definition) is 4. The van der Waals surface area contributed by atoms with E-state index in [0.717, 1.165) is 39.1 Å². The van der Waals surface area contributed by atoms with Gasteiger partial charge in [0.2, 0.25) is 0 Å². The van der Waals surface area contributed by atoms with Gasteiger partial charge in [-0.2, -0.15) is 0 Å². The summed E-state index contributed by atoms with van der Waals surface area (Å²) < 4.78 is 16.6. The normalized spacial score (nSPS) is 19.9. The highest BCUT2D eigenvalue weighted by atomic mass is 16.5. The molecule has 1 aliphatic rings. The molecule has 2 N–H and O–H groups in total. The molecule has 0 spiro atoms. The quantitative estimate of drug-likeness (QED) is 0.640. The van der Waals surface area contributed by atoms with Gasteiger partial charge in [-0.05, 0) is 6.42 Å². The fraction of sp³-hybridized carbons (Fsp3) is 1.00. The lowest BCUT2D eigenvalue weighted by Crippen LogP contribution is -2.46. The minimum atomic E-state index is -0.160. The molecule has 0 radical (unpaired) electrons. The van der Waals surface area contributed by atoms with Crippen molar-refractivity contribution in [2.45, 2.75) is 38.2 Å². The van der Waals surface area contributed by atoms with Crippen LogP contribution in [-0.4, -0.2) is 45.2 Å². The average molecular weight is 231 g/mol. The molecule has 0 aromatic carbocycles. The van der Waals surface area contributed by atoms with Gasteiger partial charge in [-0.15, -0.1) is 0 Å². The number of rotatable bonds is 8. The molecule has 0 saturated carbocycles. The molecule has 4 nitrogen and oxygen atoms in total. The summed E-state index contributed by atoms with van der Waals surface area (Å²) in [7, 11) is 0. The Labute approximate surface area is 98.4 Å². The predicted octanol–water partition coefficient (Wildman–Crippen LogP) is 1.33. The van der Waals surface area contributed by atoms with Crippen LogP contribution in [0.1, 0.15) is 32.6 Å². The molecule has 4 heteroatoms. The topological polar surface area (TPSA) is 53.7 Å². The summed E-state index contributed by atoms with van der Waals surface area (Å²) in [5, 5.41) is 0. The minimum Gasteiger partial charge on any atom is -0.381 e. The lowest BCUT2D eigenvalue weighted by Gasteiger charge is -2.36. The van der Waals surface area contributed by atoms with Gasteiger partial charge in [-0.3, -0.25) is 0 Å². The van der Waals surface area contributed by atoms with Crippen molar-refractivity contribution >= 4 is 0 Å². The standard InChI is InChI=1S/C12H25NO3/c1-2-3-6-14-9-10-16-12(11-13)4-7-15-8-5-12/h2-11,13H2,1H3. The summed E-state index contributed by atoms with van der Waals surface area (Å²) >= 11 is 0. The largest absolute Gasteiger partial charge is 0.381 e. The van der Waals surface area contributed by atoms with Crippen molar-refractivity contribution in [1.29, 1.82) is 0 Å². The summed E-state index contributed by atoms with van der Waals surface area (Å²) in [5.74, 6) is 0. The van der Waals surface area contributed by atoms with E-state index in [9.17, 15) is 0 Å². The van der Waals surface area contributed by atoms with Crippen molar-refractivity contribution in [1.82, 2.24) is 0 Å². The van der Waals surface area contributed by atoms with Crippen LogP contribution >= 0.6 is 0 Å². The Balaban J connectivity index is 2.08. The van der Waals surface area contributed by atoms with Gasteiger partial charge in [0.15, 0.2) is 0 Å². The molecule has 1 saturated heterocycles. The Morgan fingerprint density at radius 1 is 1.19 bits per heavy atom. The van der Waals surface area contributed by atoms with E-state index in [1.54, 1.807) is 0 Å². The molecular formula is C12H25NO3. The smallest absolute Gasteiger partial charge is 0.0849 e. The van der Waals surface area contributed by atoms with Crippen molar-refractivity contribution < 1.29 is 14.2 Å². The summed E-state index contributed by atoms with van der Waals surface area (Å²) in [6, 6.07) is 0.